The molecule has 2 aliphatic rings. The van der Waals surface area contributed by atoms with Gasteiger partial charge in [-0.3, -0.25) is 4.79 Å². The Morgan fingerprint density at radius 3 is 3.08 bits per heavy atom. The van der Waals surface area contributed by atoms with Crippen molar-refractivity contribution < 1.29 is 14.3 Å². The van der Waals surface area contributed by atoms with E-state index in [9.17, 15) is 4.79 Å². The van der Waals surface area contributed by atoms with Crippen LogP contribution in [0.25, 0.3) is 0 Å². The Bertz CT molecular complexity index is 743. The minimum Gasteiger partial charge on any atom is -0.492 e. The van der Waals surface area contributed by atoms with Gasteiger partial charge in [0.15, 0.2) is 0 Å². The average molecular weight is 327 g/mol. The number of rotatable bonds is 3. The van der Waals surface area contributed by atoms with E-state index in [1.165, 1.54) is 0 Å². The molecule has 0 spiro atoms. The van der Waals surface area contributed by atoms with E-state index in [0.29, 0.717) is 13.2 Å². The number of fused-ring (bicyclic) bond motifs is 1. The van der Waals surface area contributed by atoms with Crippen molar-refractivity contribution in [3.63, 3.8) is 0 Å². The molecule has 4 rings (SSSR count). The molecule has 1 amide bonds. The highest BCUT2D eigenvalue weighted by molar-refractivity contribution is 5.85. The third-order valence-corrected chi connectivity index (χ3v) is 4.83. The average Bonchev–Trinajstić information content (AvgIpc) is 3.21. The van der Waals surface area contributed by atoms with Crippen molar-refractivity contribution in [1.29, 1.82) is 0 Å². The third-order valence-electron chi connectivity index (χ3n) is 4.83. The van der Waals surface area contributed by atoms with Crippen molar-refractivity contribution in [3.8, 4) is 5.75 Å². The van der Waals surface area contributed by atoms with Crippen molar-refractivity contribution in [3.05, 3.63) is 48.0 Å². The number of hydrogen-bond acceptors (Lipinski definition) is 4. The van der Waals surface area contributed by atoms with Crippen LogP contribution in [0, 0.1) is 0 Å². The molecule has 1 aromatic heterocycles. The summed E-state index contributed by atoms with van der Waals surface area (Å²) < 4.78 is 13.4. The summed E-state index contributed by atoms with van der Waals surface area (Å²) in [6, 6.07) is 7.86. The number of benzene rings is 1. The number of amides is 1. The quantitative estimate of drug-likeness (QED) is 0.935. The topological polar surface area (TPSA) is 65.4 Å². The first kappa shape index (κ1) is 15.2. The summed E-state index contributed by atoms with van der Waals surface area (Å²) in [6.45, 7) is 1.05. The summed E-state index contributed by atoms with van der Waals surface area (Å²) in [5.74, 6) is 0.632. The summed E-state index contributed by atoms with van der Waals surface area (Å²) in [4.78, 5) is 16.8. The van der Waals surface area contributed by atoms with E-state index >= 15 is 0 Å². The Labute approximate surface area is 140 Å². The van der Waals surface area contributed by atoms with Crippen molar-refractivity contribution in [2.45, 2.75) is 30.9 Å². The zero-order chi connectivity index (χ0) is 16.5. The van der Waals surface area contributed by atoms with Gasteiger partial charge >= 0.3 is 0 Å². The predicted octanol–water partition coefficient (Wildman–Crippen LogP) is 1.93. The molecule has 126 valence electrons. The van der Waals surface area contributed by atoms with E-state index in [0.717, 1.165) is 29.8 Å². The van der Waals surface area contributed by atoms with Crippen LogP contribution in [0.1, 0.15) is 36.1 Å². The number of carbonyl (C=O) groups is 1. The number of ether oxygens (including phenoxy) is 2. The number of nitrogens with zero attached hydrogens (tertiary/aromatic N) is 2. The van der Waals surface area contributed by atoms with Gasteiger partial charge in [-0.15, -0.1) is 0 Å². The van der Waals surface area contributed by atoms with Crippen LogP contribution in [0.3, 0.4) is 0 Å². The smallest absolute Gasteiger partial charge is 0.231 e. The van der Waals surface area contributed by atoms with E-state index in [-0.39, 0.29) is 24.0 Å². The molecule has 6 heteroatoms. The lowest BCUT2D eigenvalue weighted by molar-refractivity contribution is -0.124. The van der Waals surface area contributed by atoms with E-state index in [2.05, 4.69) is 10.3 Å². The SMILES string of the molecule is Cn1cncc1[C@@H]1C[C@@H](NC(=O)[C@H]2COc3ccccc32)CCO1. The van der Waals surface area contributed by atoms with Crippen LogP contribution < -0.4 is 10.1 Å². The van der Waals surface area contributed by atoms with Gasteiger partial charge in [-0.1, -0.05) is 18.2 Å². The fraction of sp³-hybridized carbons (Fsp3) is 0.444. The normalized spacial score (nSPS) is 25.8. The molecular weight excluding hydrogens is 306 g/mol. The third kappa shape index (κ3) is 2.78. The van der Waals surface area contributed by atoms with E-state index in [1.807, 2.05) is 42.1 Å². The second-order valence-corrected chi connectivity index (χ2v) is 6.42. The molecule has 0 saturated carbocycles. The highest BCUT2D eigenvalue weighted by atomic mass is 16.5. The van der Waals surface area contributed by atoms with Crippen molar-refractivity contribution >= 4 is 5.91 Å². The molecule has 0 unspecified atom stereocenters. The molecule has 0 radical (unpaired) electrons. The lowest BCUT2D eigenvalue weighted by atomic mass is 9.97. The molecule has 1 aromatic carbocycles. The van der Waals surface area contributed by atoms with Crippen LogP contribution in [-0.4, -0.2) is 34.7 Å². The van der Waals surface area contributed by atoms with Crippen molar-refractivity contribution in [2.75, 3.05) is 13.2 Å². The second-order valence-electron chi connectivity index (χ2n) is 6.42. The highest BCUT2D eigenvalue weighted by Crippen LogP contribution is 2.34. The maximum Gasteiger partial charge on any atom is 0.231 e. The molecule has 2 aliphatic heterocycles. The summed E-state index contributed by atoms with van der Waals surface area (Å²) in [5.41, 5.74) is 2.02. The monoisotopic (exact) mass is 327 g/mol. The Balaban J connectivity index is 1.42. The fourth-order valence-electron chi connectivity index (χ4n) is 3.49. The summed E-state index contributed by atoms with van der Waals surface area (Å²) >= 11 is 0. The van der Waals surface area contributed by atoms with Gasteiger partial charge in [0, 0.05) is 25.3 Å². The largest absolute Gasteiger partial charge is 0.492 e. The molecule has 1 saturated heterocycles. The number of nitrogens with one attached hydrogen (secondary N) is 1. The number of para-hydroxylation sites is 1. The van der Waals surface area contributed by atoms with Gasteiger partial charge < -0.3 is 19.4 Å². The number of imidazole rings is 1. The molecule has 3 heterocycles. The molecule has 24 heavy (non-hydrogen) atoms. The lowest BCUT2D eigenvalue weighted by Crippen LogP contribution is -2.42. The van der Waals surface area contributed by atoms with Gasteiger partial charge in [0.25, 0.3) is 0 Å². The Hall–Kier alpha value is -2.34. The standard InChI is InChI=1S/C18H21N3O3/c1-21-11-19-9-15(21)17-8-12(6-7-23-17)20-18(22)14-10-24-16-5-3-2-4-13(14)16/h2-5,9,11-12,14,17H,6-8,10H2,1H3,(H,20,22)/t12-,14-,17-/m0/s1. The number of aryl methyl sites for hydroxylation is 1. The zero-order valence-corrected chi connectivity index (χ0v) is 13.6. The van der Waals surface area contributed by atoms with Crippen LogP contribution in [0.2, 0.25) is 0 Å². The predicted molar refractivity (Wildman–Crippen MR) is 87.7 cm³/mol. The molecule has 0 aliphatic carbocycles. The van der Waals surface area contributed by atoms with E-state index in [4.69, 9.17) is 9.47 Å². The van der Waals surface area contributed by atoms with Gasteiger partial charge in [-0.05, 0) is 18.9 Å². The van der Waals surface area contributed by atoms with Gasteiger partial charge in [0.2, 0.25) is 5.91 Å². The second kappa shape index (κ2) is 6.28. The molecule has 2 aromatic rings. The number of aromatic nitrogens is 2. The Morgan fingerprint density at radius 1 is 1.38 bits per heavy atom. The molecule has 6 nitrogen and oxygen atoms in total. The zero-order valence-electron chi connectivity index (χ0n) is 13.6. The summed E-state index contributed by atoms with van der Waals surface area (Å²) in [7, 11) is 1.96. The minimum absolute atomic E-state index is 0.0244. The summed E-state index contributed by atoms with van der Waals surface area (Å²) in [5, 5.41) is 3.18. The number of carbonyl (C=O) groups excluding carboxylic acids is 1. The fourth-order valence-corrected chi connectivity index (χ4v) is 3.49. The first-order chi connectivity index (χ1) is 11.7. The van der Waals surface area contributed by atoms with Crippen LogP contribution in [0.4, 0.5) is 0 Å². The minimum atomic E-state index is -0.223. The Kier molecular flexibility index (Phi) is 3.98. The highest BCUT2D eigenvalue weighted by Gasteiger charge is 2.33. The number of hydrogen-bond donors (Lipinski definition) is 1. The van der Waals surface area contributed by atoms with E-state index in [1.54, 1.807) is 6.33 Å². The van der Waals surface area contributed by atoms with E-state index < -0.39 is 0 Å². The molecule has 0 bridgehead atoms. The Morgan fingerprint density at radius 2 is 2.25 bits per heavy atom. The molecule has 1 N–H and O–H groups in total. The van der Waals surface area contributed by atoms with Crippen LogP contribution in [0.15, 0.2) is 36.8 Å². The van der Waals surface area contributed by atoms with Crippen LogP contribution >= 0.6 is 0 Å². The van der Waals surface area contributed by atoms with Crippen LogP contribution in [0.5, 0.6) is 5.75 Å². The van der Waals surface area contributed by atoms with Gasteiger partial charge in [-0.25, -0.2) is 4.98 Å². The summed E-state index contributed by atoms with van der Waals surface area (Å²) in [6.07, 6.45) is 5.17. The van der Waals surface area contributed by atoms with Crippen LogP contribution in [-0.2, 0) is 16.6 Å². The first-order valence-corrected chi connectivity index (χ1v) is 8.32. The lowest BCUT2D eigenvalue weighted by Gasteiger charge is -2.30. The van der Waals surface area contributed by atoms with Gasteiger partial charge in [-0.2, -0.15) is 0 Å². The molecule has 3 atom stereocenters. The first-order valence-electron chi connectivity index (χ1n) is 8.32. The van der Waals surface area contributed by atoms with Gasteiger partial charge in [0.05, 0.1) is 18.2 Å². The maximum absolute atomic E-state index is 12.7. The maximum atomic E-state index is 12.7. The van der Waals surface area contributed by atoms with Crippen molar-refractivity contribution in [1.82, 2.24) is 14.9 Å². The van der Waals surface area contributed by atoms with Gasteiger partial charge in [0.1, 0.15) is 24.4 Å². The van der Waals surface area contributed by atoms with Crippen molar-refractivity contribution in [2.24, 2.45) is 7.05 Å². The molecule has 1 fully saturated rings. The molecular formula is C18H21N3O3.